The quantitative estimate of drug-likeness (QED) is 0.159. The van der Waals surface area contributed by atoms with Gasteiger partial charge >= 0.3 is 0 Å². The molecule has 38 heavy (non-hydrogen) atoms. The number of thioether (sulfide) groups is 1. The average molecular weight is 614 g/mol. The zero-order valence-corrected chi connectivity index (χ0v) is 24.9. The lowest BCUT2D eigenvalue weighted by molar-refractivity contribution is 0.289. The van der Waals surface area contributed by atoms with E-state index in [9.17, 15) is 0 Å². The highest BCUT2D eigenvalue weighted by Gasteiger charge is 2.20. The van der Waals surface area contributed by atoms with Crippen LogP contribution in [-0.4, -0.2) is 55.0 Å². The van der Waals surface area contributed by atoms with Gasteiger partial charge in [0, 0.05) is 49.5 Å². The second-order valence-electron chi connectivity index (χ2n) is 9.64. The lowest BCUT2D eigenvalue weighted by atomic mass is 10.0. The fourth-order valence-corrected chi connectivity index (χ4v) is 6.76. The van der Waals surface area contributed by atoms with Crippen molar-refractivity contribution in [3.05, 3.63) is 63.6 Å². The van der Waals surface area contributed by atoms with Crippen molar-refractivity contribution in [1.82, 2.24) is 29.6 Å². The minimum Gasteiger partial charge on any atom is -0.440 e. The summed E-state index contributed by atoms with van der Waals surface area (Å²) in [4.78, 5) is 11.8. The minimum atomic E-state index is 0. The molecule has 0 N–H and O–H groups in total. The molecule has 198 valence electrons. The summed E-state index contributed by atoms with van der Waals surface area (Å²) >= 11 is 5.57. The van der Waals surface area contributed by atoms with Crippen LogP contribution in [0.3, 0.4) is 0 Å². The molecular formula is C28H30BrClN6OS. The summed E-state index contributed by atoms with van der Waals surface area (Å²) < 4.78 is 9.01. The van der Waals surface area contributed by atoms with E-state index >= 15 is 0 Å². The molecule has 2 aromatic carbocycles. The SMILES string of the molecule is Cc1ccc2c(-c3nnc(SCCCN4CCc5cc6nc(C)oc6c(Br)c5CC4)n3C)cccc2n1.Cl. The zero-order chi connectivity index (χ0) is 25.5. The van der Waals surface area contributed by atoms with Gasteiger partial charge in [0.05, 0.1) is 9.99 Å². The number of fused-ring (bicyclic) bond motifs is 3. The van der Waals surface area contributed by atoms with E-state index in [0.29, 0.717) is 5.89 Å². The fourth-order valence-electron chi connectivity index (χ4n) is 5.18. The van der Waals surface area contributed by atoms with Gasteiger partial charge in [-0.25, -0.2) is 4.98 Å². The molecule has 0 atom stereocenters. The normalized spacial score (nSPS) is 14.0. The fraction of sp³-hybridized carbons (Fsp3) is 0.357. The highest BCUT2D eigenvalue weighted by Crippen LogP contribution is 2.33. The van der Waals surface area contributed by atoms with E-state index in [1.165, 1.54) is 11.1 Å². The maximum atomic E-state index is 5.83. The van der Waals surface area contributed by atoms with Crippen LogP contribution in [-0.2, 0) is 19.9 Å². The molecule has 0 saturated carbocycles. The number of nitrogens with zero attached hydrogens (tertiary/aromatic N) is 6. The largest absolute Gasteiger partial charge is 0.440 e. The predicted molar refractivity (Wildman–Crippen MR) is 159 cm³/mol. The van der Waals surface area contributed by atoms with Crippen molar-refractivity contribution in [3.8, 4) is 11.4 Å². The molecule has 0 bridgehead atoms. The van der Waals surface area contributed by atoms with E-state index in [2.05, 4.69) is 70.8 Å². The number of halogens is 2. The topological polar surface area (TPSA) is 72.9 Å². The summed E-state index contributed by atoms with van der Waals surface area (Å²) in [6.45, 7) is 7.11. The molecule has 0 fully saturated rings. The Kier molecular flexibility index (Phi) is 8.09. The molecule has 4 heterocycles. The van der Waals surface area contributed by atoms with Crippen molar-refractivity contribution in [2.24, 2.45) is 7.05 Å². The van der Waals surface area contributed by atoms with Crippen LogP contribution in [0.15, 0.2) is 50.4 Å². The molecule has 0 spiro atoms. The van der Waals surface area contributed by atoms with Crippen LogP contribution in [0.2, 0.25) is 0 Å². The number of rotatable bonds is 6. The number of benzene rings is 2. The maximum Gasteiger partial charge on any atom is 0.192 e. The van der Waals surface area contributed by atoms with Crippen LogP contribution in [0.5, 0.6) is 0 Å². The van der Waals surface area contributed by atoms with Crippen LogP contribution in [0.1, 0.15) is 29.1 Å². The molecule has 0 unspecified atom stereocenters. The average Bonchev–Trinajstić information content (AvgIpc) is 3.37. The second kappa shape index (κ2) is 11.3. The van der Waals surface area contributed by atoms with Crippen LogP contribution in [0.25, 0.3) is 33.4 Å². The van der Waals surface area contributed by atoms with E-state index in [1.54, 1.807) is 11.8 Å². The first-order valence-corrected chi connectivity index (χ1v) is 14.4. The van der Waals surface area contributed by atoms with Gasteiger partial charge in [-0.2, -0.15) is 0 Å². The monoisotopic (exact) mass is 612 g/mol. The molecule has 1 aliphatic rings. The molecule has 0 amide bonds. The Morgan fingerprint density at radius 2 is 1.87 bits per heavy atom. The number of hydrogen-bond acceptors (Lipinski definition) is 7. The van der Waals surface area contributed by atoms with Gasteiger partial charge in [-0.3, -0.25) is 4.98 Å². The zero-order valence-electron chi connectivity index (χ0n) is 21.7. The number of hydrogen-bond donors (Lipinski definition) is 0. The van der Waals surface area contributed by atoms with Crippen LogP contribution >= 0.6 is 40.1 Å². The van der Waals surface area contributed by atoms with E-state index in [-0.39, 0.29) is 12.4 Å². The van der Waals surface area contributed by atoms with Gasteiger partial charge in [0.15, 0.2) is 22.5 Å². The third-order valence-electron chi connectivity index (χ3n) is 7.10. The number of aryl methyl sites for hydroxylation is 2. The number of oxazole rings is 1. The van der Waals surface area contributed by atoms with E-state index in [0.717, 1.165) is 93.4 Å². The van der Waals surface area contributed by atoms with Crippen molar-refractivity contribution in [2.45, 2.75) is 38.3 Å². The Hall–Kier alpha value is -2.46. The second-order valence-corrected chi connectivity index (χ2v) is 11.5. The summed E-state index contributed by atoms with van der Waals surface area (Å²) in [5.41, 5.74) is 7.65. The first-order valence-electron chi connectivity index (χ1n) is 12.7. The van der Waals surface area contributed by atoms with Crippen LogP contribution in [0.4, 0.5) is 0 Å². The van der Waals surface area contributed by atoms with E-state index < -0.39 is 0 Å². The molecule has 0 aliphatic carbocycles. The highest BCUT2D eigenvalue weighted by molar-refractivity contribution is 9.10. The van der Waals surface area contributed by atoms with Crippen LogP contribution < -0.4 is 0 Å². The van der Waals surface area contributed by atoms with Gasteiger partial charge in [-0.15, -0.1) is 22.6 Å². The Balaban J connectivity index is 0.00000294. The molecular weight excluding hydrogens is 584 g/mol. The van der Waals surface area contributed by atoms with Gasteiger partial charge in [-0.05, 0) is 78.0 Å². The van der Waals surface area contributed by atoms with Crippen molar-refractivity contribution in [1.29, 1.82) is 0 Å². The molecule has 0 radical (unpaired) electrons. The van der Waals surface area contributed by atoms with Crippen molar-refractivity contribution >= 4 is 62.1 Å². The standard InChI is InChI=1S/C28H29BrN6OS.ClH/c1-17-8-9-21-22(6-4-7-23(21)30-17)27-32-33-28(34(27)3)37-15-5-12-35-13-10-19-16-24-26(36-18(2)31-24)25(29)20(19)11-14-35;/h4,6-9,16H,5,10-15H2,1-3H3;1H. The van der Waals surface area contributed by atoms with Gasteiger partial charge in [0.1, 0.15) is 5.52 Å². The van der Waals surface area contributed by atoms with Gasteiger partial charge in [0.2, 0.25) is 0 Å². The Labute approximate surface area is 241 Å². The summed E-state index contributed by atoms with van der Waals surface area (Å²) in [5, 5.41) is 11.1. The van der Waals surface area contributed by atoms with Crippen LogP contribution in [0, 0.1) is 13.8 Å². The van der Waals surface area contributed by atoms with Gasteiger partial charge in [-0.1, -0.05) is 30.0 Å². The number of pyridine rings is 1. The third-order valence-corrected chi connectivity index (χ3v) is 9.04. The maximum absolute atomic E-state index is 5.83. The van der Waals surface area contributed by atoms with Crippen molar-refractivity contribution < 1.29 is 4.42 Å². The lowest BCUT2D eigenvalue weighted by Gasteiger charge is -2.19. The smallest absolute Gasteiger partial charge is 0.192 e. The lowest BCUT2D eigenvalue weighted by Crippen LogP contribution is -2.27. The summed E-state index contributed by atoms with van der Waals surface area (Å²) in [7, 11) is 2.05. The Bertz CT molecular complexity index is 1620. The molecule has 6 rings (SSSR count). The molecule has 5 aromatic rings. The molecule has 0 saturated heterocycles. The summed E-state index contributed by atoms with van der Waals surface area (Å²) in [6.07, 6.45) is 3.16. The van der Waals surface area contributed by atoms with E-state index in [1.807, 2.05) is 32.0 Å². The van der Waals surface area contributed by atoms with Gasteiger partial charge in [0.25, 0.3) is 0 Å². The number of aromatic nitrogens is 5. The molecule has 7 nitrogen and oxygen atoms in total. The minimum absolute atomic E-state index is 0. The van der Waals surface area contributed by atoms with E-state index in [4.69, 9.17) is 4.42 Å². The predicted octanol–water partition coefficient (Wildman–Crippen LogP) is 6.56. The first-order chi connectivity index (χ1) is 18.0. The van der Waals surface area contributed by atoms with Crippen molar-refractivity contribution in [3.63, 3.8) is 0 Å². The summed E-state index contributed by atoms with van der Waals surface area (Å²) in [5.74, 6) is 2.60. The summed E-state index contributed by atoms with van der Waals surface area (Å²) in [6, 6.07) is 12.6. The van der Waals surface area contributed by atoms with Crippen molar-refractivity contribution in [2.75, 3.05) is 25.4 Å². The Morgan fingerprint density at radius 1 is 1.03 bits per heavy atom. The molecule has 3 aromatic heterocycles. The third kappa shape index (κ3) is 5.21. The van der Waals surface area contributed by atoms with Gasteiger partial charge < -0.3 is 13.9 Å². The first kappa shape index (κ1) is 27.1. The highest BCUT2D eigenvalue weighted by atomic mass is 79.9. The molecule has 1 aliphatic heterocycles. The Morgan fingerprint density at radius 3 is 2.74 bits per heavy atom. The molecule has 10 heteroatoms.